The lowest BCUT2D eigenvalue weighted by Gasteiger charge is -2.24. The fourth-order valence-electron chi connectivity index (χ4n) is 3.70. The molecule has 0 spiro atoms. The number of nitrogens with zero attached hydrogens (tertiary/aromatic N) is 2. The van der Waals surface area contributed by atoms with E-state index in [4.69, 9.17) is 0 Å². The Labute approximate surface area is 144 Å². The zero-order chi connectivity index (χ0) is 17.7. The van der Waals surface area contributed by atoms with E-state index in [0.717, 1.165) is 11.8 Å². The van der Waals surface area contributed by atoms with E-state index in [1.54, 1.807) is 0 Å². The largest absolute Gasteiger partial charge is 0.481 e. The predicted molar refractivity (Wildman–Crippen MR) is 89.6 cm³/mol. The summed E-state index contributed by atoms with van der Waals surface area (Å²) >= 11 is 1.39. The van der Waals surface area contributed by atoms with Crippen LogP contribution in [0.4, 0.5) is 0 Å². The summed E-state index contributed by atoms with van der Waals surface area (Å²) in [6.45, 7) is 3.26. The van der Waals surface area contributed by atoms with E-state index in [1.165, 1.54) is 22.6 Å². The molecule has 9 heteroatoms. The van der Waals surface area contributed by atoms with E-state index in [2.05, 4.69) is 0 Å². The molecule has 3 rings (SSSR count). The van der Waals surface area contributed by atoms with Crippen molar-refractivity contribution < 1.29 is 23.1 Å². The molecule has 24 heavy (non-hydrogen) atoms. The van der Waals surface area contributed by atoms with E-state index in [0.29, 0.717) is 24.5 Å². The number of likely N-dealkylation sites (tertiary alicyclic amines) is 1. The second-order valence-corrected chi connectivity index (χ2v) is 9.65. The number of aliphatic carboxylic acids is 1. The molecular formula is C15H20N2O5S2. The first-order valence-electron chi connectivity index (χ1n) is 7.61. The van der Waals surface area contributed by atoms with Gasteiger partial charge in [0.25, 0.3) is 0 Å². The summed E-state index contributed by atoms with van der Waals surface area (Å²) in [5, 5.41) is 11.6. The fraction of sp³-hybridized carbons (Fsp3) is 0.600. The molecule has 7 nitrogen and oxygen atoms in total. The monoisotopic (exact) mass is 372 g/mol. The summed E-state index contributed by atoms with van der Waals surface area (Å²) in [7, 11) is -3.38. The van der Waals surface area contributed by atoms with Gasteiger partial charge in [0.15, 0.2) is 5.78 Å². The van der Waals surface area contributed by atoms with Gasteiger partial charge in [0.05, 0.1) is 16.5 Å². The van der Waals surface area contributed by atoms with Gasteiger partial charge in [-0.15, -0.1) is 11.3 Å². The lowest BCUT2D eigenvalue weighted by molar-refractivity contribution is -0.148. The first-order valence-corrected chi connectivity index (χ1v) is 10.3. The maximum atomic E-state index is 11.9. The summed E-state index contributed by atoms with van der Waals surface area (Å²) in [5.74, 6) is -1.12. The van der Waals surface area contributed by atoms with Crippen LogP contribution < -0.4 is 0 Å². The van der Waals surface area contributed by atoms with Crippen LogP contribution >= 0.6 is 11.3 Å². The average Bonchev–Trinajstić information content (AvgIpc) is 3.09. The maximum Gasteiger partial charge on any atom is 0.312 e. The van der Waals surface area contributed by atoms with Gasteiger partial charge in [0, 0.05) is 38.6 Å². The van der Waals surface area contributed by atoms with Crippen LogP contribution in [0.25, 0.3) is 0 Å². The van der Waals surface area contributed by atoms with Crippen molar-refractivity contribution in [2.45, 2.75) is 13.5 Å². The second kappa shape index (κ2) is 5.91. The molecule has 2 atom stereocenters. The van der Waals surface area contributed by atoms with E-state index in [-0.39, 0.29) is 24.8 Å². The lowest BCUT2D eigenvalue weighted by atomic mass is 9.81. The van der Waals surface area contributed by atoms with Crippen molar-refractivity contribution in [1.82, 2.24) is 9.21 Å². The Morgan fingerprint density at radius 3 is 2.58 bits per heavy atom. The number of fused-ring (bicyclic) bond motifs is 1. The highest BCUT2D eigenvalue weighted by atomic mass is 32.2. The SMILES string of the molecule is CC(=O)c1cc(CN2C[C@H]3CN(S(C)(=O)=O)C[C@@]3(C(=O)O)C2)cs1. The van der Waals surface area contributed by atoms with Crippen LogP contribution in [-0.4, -0.2) is 66.9 Å². The van der Waals surface area contributed by atoms with Gasteiger partial charge in [-0.2, -0.15) is 0 Å². The topological polar surface area (TPSA) is 95.0 Å². The lowest BCUT2D eigenvalue weighted by Crippen LogP contribution is -2.41. The van der Waals surface area contributed by atoms with Crippen molar-refractivity contribution in [1.29, 1.82) is 0 Å². The Bertz CT molecular complexity index is 788. The normalized spacial score (nSPS) is 28.2. The van der Waals surface area contributed by atoms with Gasteiger partial charge in [-0.1, -0.05) is 0 Å². The number of thiophene rings is 1. The summed E-state index contributed by atoms with van der Waals surface area (Å²) < 4.78 is 24.8. The number of ketones is 1. The van der Waals surface area contributed by atoms with Crippen molar-refractivity contribution in [2.75, 3.05) is 32.4 Å². The minimum atomic E-state index is -3.38. The summed E-state index contributed by atoms with van der Waals surface area (Å²) in [6, 6.07) is 1.84. The van der Waals surface area contributed by atoms with E-state index < -0.39 is 21.4 Å². The molecule has 2 saturated heterocycles. The van der Waals surface area contributed by atoms with Crippen molar-refractivity contribution in [3.63, 3.8) is 0 Å². The van der Waals surface area contributed by atoms with Gasteiger partial charge >= 0.3 is 5.97 Å². The van der Waals surface area contributed by atoms with Crippen LogP contribution in [0.5, 0.6) is 0 Å². The molecule has 0 amide bonds. The Morgan fingerprint density at radius 1 is 1.38 bits per heavy atom. The second-order valence-electron chi connectivity index (χ2n) is 6.76. The molecule has 3 heterocycles. The van der Waals surface area contributed by atoms with Crippen LogP contribution in [0.1, 0.15) is 22.2 Å². The average molecular weight is 372 g/mol. The van der Waals surface area contributed by atoms with E-state index in [9.17, 15) is 23.1 Å². The van der Waals surface area contributed by atoms with Gasteiger partial charge in [-0.3, -0.25) is 14.5 Å². The molecule has 0 aliphatic carbocycles. The van der Waals surface area contributed by atoms with Crippen molar-refractivity contribution in [3.05, 3.63) is 21.9 Å². The number of Topliss-reactive ketones (excluding diaryl/α,β-unsaturated/α-hetero) is 1. The summed E-state index contributed by atoms with van der Waals surface area (Å²) in [5.41, 5.74) is -0.0478. The third-order valence-corrected chi connectivity index (χ3v) is 7.25. The molecule has 1 aromatic rings. The van der Waals surface area contributed by atoms with Crippen LogP contribution in [-0.2, 0) is 21.4 Å². The Hall–Kier alpha value is -1.29. The molecule has 1 N–H and O–H groups in total. The molecule has 0 unspecified atom stereocenters. The Balaban J connectivity index is 1.75. The number of sulfonamides is 1. The highest BCUT2D eigenvalue weighted by Gasteiger charge is 2.59. The minimum absolute atomic E-state index is 0.0235. The molecular weight excluding hydrogens is 352 g/mol. The zero-order valence-corrected chi connectivity index (χ0v) is 15.2. The van der Waals surface area contributed by atoms with Gasteiger partial charge in [0.2, 0.25) is 10.0 Å². The number of carbonyl (C=O) groups is 2. The summed E-state index contributed by atoms with van der Waals surface area (Å²) in [6.07, 6.45) is 1.12. The molecule has 0 aromatic carbocycles. The third-order valence-electron chi connectivity index (χ3n) is 4.95. The number of carboxylic acids is 1. The van der Waals surface area contributed by atoms with Crippen LogP contribution in [0.2, 0.25) is 0 Å². The molecule has 1 aromatic heterocycles. The van der Waals surface area contributed by atoms with Crippen molar-refractivity contribution in [3.8, 4) is 0 Å². The van der Waals surface area contributed by atoms with Crippen molar-refractivity contribution >= 4 is 33.1 Å². The number of rotatable bonds is 5. The van der Waals surface area contributed by atoms with Crippen LogP contribution in [0.3, 0.4) is 0 Å². The van der Waals surface area contributed by atoms with Crippen LogP contribution in [0.15, 0.2) is 11.4 Å². The maximum absolute atomic E-state index is 11.9. The molecule has 0 saturated carbocycles. The molecule has 2 aliphatic rings. The van der Waals surface area contributed by atoms with Crippen molar-refractivity contribution in [2.24, 2.45) is 11.3 Å². The van der Waals surface area contributed by atoms with Gasteiger partial charge in [-0.05, 0) is 23.9 Å². The van der Waals surface area contributed by atoms with E-state index in [1.807, 2.05) is 16.3 Å². The fourth-order valence-corrected chi connectivity index (χ4v) is 5.42. The first-order chi connectivity index (χ1) is 11.1. The van der Waals surface area contributed by atoms with Crippen LogP contribution in [0, 0.1) is 11.3 Å². The first kappa shape index (κ1) is 17.5. The number of carboxylic acid groups (broad SMARTS) is 1. The molecule has 2 aliphatic heterocycles. The predicted octanol–water partition coefficient (Wildman–Crippen LogP) is 0.729. The highest BCUT2D eigenvalue weighted by molar-refractivity contribution is 7.88. The quantitative estimate of drug-likeness (QED) is 0.766. The molecule has 132 valence electrons. The van der Waals surface area contributed by atoms with E-state index >= 15 is 0 Å². The molecule has 0 radical (unpaired) electrons. The third kappa shape index (κ3) is 3.01. The van der Waals surface area contributed by atoms with Gasteiger partial charge in [-0.25, -0.2) is 12.7 Å². The zero-order valence-electron chi connectivity index (χ0n) is 13.6. The number of hydrogen-bond acceptors (Lipinski definition) is 6. The standard InChI is InChI=1S/C15H20N2O5S2/c1-10(18)13-3-11(7-23-13)4-16-5-12-6-17(24(2,21)22)9-15(12,8-16)14(19)20/h3,7,12H,4-6,8-9H2,1-2H3,(H,19,20)/t12-,15-/m0/s1. The molecule has 0 bridgehead atoms. The number of carbonyl (C=O) groups excluding carboxylic acids is 1. The Morgan fingerprint density at radius 2 is 2.08 bits per heavy atom. The van der Waals surface area contributed by atoms with Gasteiger partial charge < -0.3 is 5.11 Å². The minimum Gasteiger partial charge on any atom is -0.481 e. The Kier molecular flexibility index (Phi) is 4.31. The highest BCUT2D eigenvalue weighted by Crippen LogP contribution is 2.44. The van der Waals surface area contributed by atoms with Gasteiger partial charge in [0.1, 0.15) is 0 Å². The smallest absolute Gasteiger partial charge is 0.312 e. The summed E-state index contributed by atoms with van der Waals surface area (Å²) in [4.78, 5) is 26.0. The number of hydrogen-bond donors (Lipinski definition) is 1. The molecule has 2 fully saturated rings.